The van der Waals surface area contributed by atoms with Gasteiger partial charge >= 0.3 is 0 Å². The van der Waals surface area contributed by atoms with E-state index in [4.69, 9.17) is 0 Å². The fourth-order valence-electron chi connectivity index (χ4n) is 5.24. The number of nitrogens with one attached hydrogen (secondary N) is 1. The molecule has 0 aromatic carbocycles. The highest BCUT2D eigenvalue weighted by atomic mass is 19.3. The lowest BCUT2D eigenvalue weighted by Gasteiger charge is -2.41. The fourth-order valence-corrected chi connectivity index (χ4v) is 5.24. The molecule has 172 valence electrons. The van der Waals surface area contributed by atoms with Crippen LogP contribution in [-0.4, -0.2) is 51.8 Å². The minimum absolute atomic E-state index is 0.0893. The van der Waals surface area contributed by atoms with Gasteiger partial charge in [0.1, 0.15) is 17.2 Å². The van der Waals surface area contributed by atoms with Crippen LogP contribution in [-0.2, 0) is 6.54 Å². The second-order valence-corrected chi connectivity index (χ2v) is 9.83. The molecule has 7 nitrogen and oxygen atoms in total. The van der Waals surface area contributed by atoms with Crippen LogP contribution < -0.4 is 10.2 Å². The molecule has 2 aliphatic heterocycles. The van der Waals surface area contributed by atoms with Gasteiger partial charge in [-0.05, 0) is 55.4 Å². The van der Waals surface area contributed by atoms with Crippen molar-refractivity contribution in [2.75, 3.05) is 24.5 Å². The van der Waals surface area contributed by atoms with Crippen LogP contribution in [0, 0.1) is 5.41 Å². The Kier molecular flexibility index (Phi) is 4.64. The van der Waals surface area contributed by atoms with Gasteiger partial charge in [-0.2, -0.15) is 0 Å². The number of amides is 1. The first kappa shape index (κ1) is 20.5. The fraction of sp³-hybridized carbons (Fsp3) is 0.500. The lowest BCUT2D eigenvalue weighted by molar-refractivity contribution is 0.0942. The molecule has 0 bridgehead atoms. The number of pyridine rings is 1. The number of anilines is 1. The summed E-state index contributed by atoms with van der Waals surface area (Å²) in [7, 11) is 0. The smallest absolute Gasteiger partial charge is 0.280 e. The minimum Gasteiger partial charge on any atom is -0.355 e. The number of alkyl halides is 2. The Balaban J connectivity index is 1.14. The zero-order valence-corrected chi connectivity index (χ0v) is 18.5. The quantitative estimate of drug-likeness (QED) is 0.728. The van der Waals surface area contributed by atoms with E-state index in [1.54, 1.807) is 16.8 Å². The molecule has 33 heavy (non-hydrogen) atoms. The number of carbonyl (C=O) groups excluding carboxylic acids is 1. The summed E-state index contributed by atoms with van der Waals surface area (Å²) in [5, 5.41) is 3.02. The Morgan fingerprint density at radius 2 is 2.12 bits per heavy atom. The molecular weight excluding hydrogens is 426 g/mol. The van der Waals surface area contributed by atoms with E-state index in [1.807, 2.05) is 6.07 Å². The molecule has 1 atom stereocenters. The van der Waals surface area contributed by atoms with Gasteiger partial charge in [-0.15, -0.1) is 0 Å². The zero-order valence-electron chi connectivity index (χ0n) is 18.5. The number of imidazole rings is 1. The number of fused-ring (bicyclic) bond motifs is 1. The summed E-state index contributed by atoms with van der Waals surface area (Å²) in [6, 6.07) is 3.44. The molecule has 2 aromatic heterocycles. The Bertz CT molecular complexity index is 1190. The average Bonchev–Trinajstić information content (AvgIpc) is 3.08. The van der Waals surface area contributed by atoms with Crippen molar-refractivity contribution in [3.63, 3.8) is 0 Å². The maximum Gasteiger partial charge on any atom is 0.280 e. The maximum absolute atomic E-state index is 13.8. The maximum atomic E-state index is 13.8. The second-order valence-electron chi connectivity index (χ2n) is 9.83. The Hall–Kier alpha value is -3.10. The topological polar surface area (TPSA) is 75.4 Å². The molecule has 4 heterocycles. The number of carbonyl (C=O) groups is 1. The number of nitrogens with zero attached hydrogens (tertiary/aromatic N) is 5. The van der Waals surface area contributed by atoms with Crippen LogP contribution in [0.3, 0.4) is 0 Å². The van der Waals surface area contributed by atoms with Crippen LogP contribution in [0.1, 0.15) is 60.8 Å². The SMILES string of the molecule is CC1=C2CC[C@@H](NC(=O)c3cn(Cc4ccc(N5CC6(CC6)C5)nc4C(F)F)cn3)C2=NC1. The summed E-state index contributed by atoms with van der Waals surface area (Å²) >= 11 is 0. The van der Waals surface area contributed by atoms with Gasteiger partial charge in [0.15, 0.2) is 0 Å². The van der Waals surface area contributed by atoms with E-state index < -0.39 is 6.43 Å². The lowest BCUT2D eigenvalue weighted by Crippen LogP contribution is -2.49. The van der Waals surface area contributed by atoms with Crippen molar-refractivity contribution in [1.29, 1.82) is 0 Å². The summed E-state index contributed by atoms with van der Waals surface area (Å²) in [6.07, 6.45) is 4.66. The van der Waals surface area contributed by atoms with Crippen molar-refractivity contribution in [1.82, 2.24) is 19.9 Å². The van der Waals surface area contributed by atoms with Gasteiger partial charge in [0.05, 0.1) is 31.2 Å². The first-order valence-corrected chi connectivity index (χ1v) is 11.5. The molecule has 2 aliphatic carbocycles. The predicted octanol–water partition coefficient (Wildman–Crippen LogP) is 3.53. The van der Waals surface area contributed by atoms with E-state index in [1.165, 1.54) is 30.3 Å². The number of aliphatic imine (C=N–C) groups is 1. The molecule has 6 rings (SSSR count). The predicted molar refractivity (Wildman–Crippen MR) is 120 cm³/mol. The van der Waals surface area contributed by atoms with Crippen LogP contribution in [0.4, 0.5) is 14.6 Å². The van der Waals surface area contributed by atoms with Crippen LogP contribution in [0.15, 0.2) is 40.8 Å². The van der Waals surface area contributed by atoms with E-state index >= 15 is 0 Å². The molecule has 1 saturated heterocycles. The highest BCUT2D eigenvalue weighted by Gasteiger charge is 2.52. The summed E-state index contributed by atoms with van der Waals surface area (Å²) in [4.78, 5) is 27.8. The molecule has 0 radical (unpaired) electrons. The van der Waals surface area contributed by atoms with Crippen molar-refractivity contribution in [3.8, 4) is 0 Å². The lowest BCUT2D eigenvalue weighted by atomic mass is 9.97. The van der Waals surface area contributed by atoms with Gasteiger partial charge in [0, 0.05) is 24.7 Å². The Labute approximate surface area is 190 Å². The highest BCUT2D eigenvalue weighted by Crippen LogP contribution is 2.53. The van der Waals surface area contributed by atoms with Gasteiger partial charge in [-0.1, -0.05) is 6.07 Å². The number of rotatable bonds is 6. The number of hydrogen-bond acceptors (Lipinski definition) is 5. The van der Waals surface area contributed by atoms with Gasteiger partial charge in [0.25, 0.3) is 12.3 Å². The molecule has 1 spiro atoms. The zero-order chi connectivity index (χ0) is 22.7. The molecule has 4 aliphatic rings. The van der Waals surface area contributed by atoms with Crippen LogP contribution in [0.25, 0.3) is 0 Å². The van der Waals surface area contributed by atoms with E-state index in [2.05, 4.69) is 32.1 Å². The van der Waals surface area contributed by atoms with Gasteiger partial charge < -0.3 is 14.8 Å². The van der Waals surface area contributed by atoms with Crippen molar-refractivity contribution in [3.05, 3.63) is 52.8 Å². The second kappa shape index (κ2) is 7.46. The van der Waals surface area contributed by atoms with Crippen molar-refractivity contribution < 1.29 is 13.6 Å². The number of halogens is 2. The van der Waals surface area contributed by atoms with E-state index in [0.29, 0.717) is 23.3 Å². The normalized spacial score (nSPS) is 22.6. The number of hydrogen-bond donors (Lipinski definition) is 1. The summed E-state index contributed by atoms with van der Waals surface area (Å²) in [5.74, 6) is 0.342. The third-order valence-corrected chi connectivity index (χ3v) is 7.39. The van der Waals surface area contributed by atoms with E-state index in [-0.39, 0.29) is 29.9 Å². The van der Waals surface area contributed by atoms with Crippen molar-refractivity contribution in [2.24, 2.45) is 10.4 Å². The first-order valence-electron chi connectivity index (χ1n) is 11.5. The van der Waals surface area contributed by atoms with E-state index in [9.17, 15) is 13.6 Å². The molecule has 3 fully saturated rings. The Morgan fingerprint density at radius 1 is 1.30 bits per heavy atom. The first-order chi connectivity index (χ1) is 15.9. The third kappa shape index (κ3) is 3.63. The van der Waals surface area contributed by atoms with Crippen LogP contribution in [0.2, 0.25) is 0 Å². The summed E-state index contributed by atoms with van der Waals surface area (Å²) < 4.78 is 29.2. The molecule has 2 saturated carbocycles. The highest BCUT2D eigenvalue weighted by molar-refractivity contribution is 6.10. The largest absolute Gasteiger partial charge is 0.355 e. The van der Waals surface area contributed by atoms with E-state index in [0.717, 1.165) is 31.6 Å². The van der Waals surface area contributed by atoms with Crippen molar-refractivity contribution in [2.45, 2.75) is 51.6 Å². The third-order valence-electron chi connectivity index (χ3n) is 7.39. The molecule has 1 N–H and O–H groups in total. The summed E-state index contributed by atoms with van der Waals surface area (Å²) in [6.45, 7) is 4.79. The molecule has 9 heteroatoms. The molecular formula is C24H26F2N6O. The van der Waals surface area contributed by atoms with Crippen LogP contribution in [0.5, 0.6) is 0 Å². The monoisotopic (exact) mass is 452 g/mol. The molecule has 2 aromatic rings. The number of aromatic nitrogens is 3. The van der Waals surface area contributed by atoms with Crippen molar-refractivity contribution >= 4 is 17.4 Å². The van der Waals surface area contributed by atoms with Gasteiger partial charge in [-0.3, -0.25) is 9.79 Å². The van der Waals surface area contributed by atoms with Gasteiger partial charge in [0.2, 0.25) is 0 Å². The standard InChI is InChI=1S/C24H26F2N6O/c1-14-8-27-21-16(14)3-4-17(21)29-23(33)18-10-31(13-28-18)9-15-2-5-19(30-20(15)22(25)26)32-11-24(12-32)6-7-24/h2,5,10,13,17,22H,3-4,6-9,11-12H2,1H3,(H,29,33)/t17-/m1/s1. The Morgan fingerprint density at radius 3 is 2.88 bits per heavy atom. The summed E-state index contributed by atoms with van der Waals surface area (Å²) in [5.41, 5.74) is 4.46. The minimum atomic E-state index is -2.66. The van der Waals surface area contributed by atoms with Crippen LogP contribution >= 0.6 is 0 Å². The molecule has 1 amide bonds. The average molecular weight is 453 g/mol. The molecule has 0 unspecified atom stereocenters. The van der Waals surface area contributed by atoms with Gasteiger partial charge in [-0.25, -0.2) is 18.7 Å².